The maximum Gasteiger partial charge on any atom is 0.332 e. The number of hydrogen-bond acceptors (Lipinski definition) is 12. The van der Waals surface area contributed by atoms with Crippen molar-refractivity contribution in [3.05, 3.63) is 53.9 Å². The average Bonchev–Trinajstić information content (AvgIpc) is 3.54. The molecule has 1 aromatic carbocycles. The van der Waals surface area contributed by atoms with Crippen LogP contribution in [0.15, 0.2) is 42.6 Å². The van der Waals surface area contributed by atoms with Crippen LogP contribution in [-0.2, 0) is 33.3 Å². The minimum Gasteiger partial charge on any atom is -0.493 e. The highest BCUT2D eigenvalue weighted by Crippen LogP contribution is 2.64. The summed E-state index contributed by atoms with van der Waals surface area (Å²) in [7, 11) is 1.39. The van der Waals surface area contributed by atoms with Gasteiger partial charge in [-0.25, -0.2) is 9.78 Å². The number of nitrogens with zero attached hydrogens (tertiary/aromatic N) is 1. The number of methoxy groups -OCH3 is 1. The molecule has 1 amide bonds. The van der Waals surface area contributed by atoms with Crippen LogP contribution in [0.25, 0.3) is 0 Å². The van der Waals surface area contributed by atoms with Crippen LogP contribution in [-0.4, -0.2) is 79.8 Å². The van der Waals surface area contributed by atoms with E-state index in [0.717, 1.165) is 31.2 Å². The Morgan fingerprint density at radius 2 is 1.89 bits per heavy atom. The van der Waals surface area contributed by atoms with Crippen LogP contribution in [0.4, 0.5) is 0 Å². The van der Waals surface area contributed by atoms with Gasteiger partial charge in [-0.1, -0.05) is 43.2 Å². The van der Waals surface area contributed by atoms with Gasteiger partial charge in [0.15, 0.2) is 23.2 Å². The minimum atomic E-state index is -1.35. The average molecular weight is 643 g/mol. The molecule has 3 fully saturated rings. The molecule has 0 bridgehead atoms. The predicted octanol–water partition coefficient (Wildman–Crippen LogP) is 3.63. The summed E-state index contributed by atoms with van der Waals surface area (Å²) in [6, 6.07) is 9.72. The predicted molar refractivity (Wildman–Crippen MR) is 162 cm³/mol. The van der Waals surface area contributed by atoms with Crippen molar-refractivity contribution in [2.24, 2.45) is 11.3 Å². The monoisotopic (exact) mass is 642 g/mol. The van der Waals surface area contributed by atoms with Crippen LogP contribution in [0.1, 0.15) is 61.0 Å². The van der Waals surface area contributed by atoms with Gasteiger partial charge in [0, 0.05) is 18.2 Å². The highest BCUT2D eigenvalue weighted by atomic mass is 32.2. The maximum absolute atomic E-state index is 13.7. The van der Waals surface area contributed by atoms with Gasteiger partial charge in [0.05, 0.1) is 19.0 Å². The molecular weight excluding hydrogens is 604 g/mol. The summed E-state index contributed by atoms with van der Waals surface area (Å²) in [6.45, 7) is 0.749. The van der Waals surface area contributed by atoms with Crippen molar-refractivity contribution in [1.29, 1.82) is 0 Å². The lowest BCUT2D eigenvalue weighted by molar-refractivity contribution is -0.165. The van der Waals surface area contributed by atoms with Crippen molar-refractivity contribution in [3.63, 3.8) is 0 Å². The van der Waals surface area contributed by atoms with Gasteiger partial charge in [-0.15, -0.1) is 11.8 Å². The largest absolute Gasteiger partial charge is 0.493 e. The smallest absolute Gasteiger partial charge is 0.332 e. The molecule has 242 valence electrons. The lowest BCUT2D eigenvalue weighted by Gasteiger charge is -2.30. The minimum absolute atomic E-state index is 0.0771. The fraction of sp³-hybridized carbons (Fsp3) is 0.531. The van der Waals surface area contributed by atoms with E-state index in [1.165, 1.54) is 31.1 Å². The van der Waals surface area contributed by atoms with Gasteiger partial charge in [0.25, 0.3) is 5.91 Å². The SMILES string of the molecule is COc1ccnc(C(=O)NC2COC(=O)[C@@]3(C[C@H]3c3ccccc3)C(OCSC)[C@H](C)OC2=O)c1OCOC(=O)C1CCCC1. The van der Waals surface area contributed by atoms with Crippen molar-refractivity contribution in [2.75, 3.05) is 32.7 Å². The zero-order valence-corrected chi connectivity index (χ0v) is 26.3. The topological polar surface area (TPSA) is 149 Å². The standard InChI is InChI=1S/C32H38N2O10S/c1-19-27(43-18-45-3)32(15-22(32)20-9-5-4-6-10-20)31(38)40-16-23(30(37)44-19)34-28(35)25-26(24(39-2)13-14-33-25)41-17-42-29(36)21-11-7-8-12-21/h4-6,9-10,13-14,19,21-23,27H,7-8,11-12,15-18H2,1-3H3,(H,34,35)/t19-,22-,23?,27?,32+/m0/s1. The molecule has 1 saturated heterocycles. The number of aromatic nitrogens is 1. The summed E-state index contributed by atoms with van der Waals surface area (Å²) in [5.74, 6) is -2.49. The first kappa shape index (κ1) is 32.6. The third-order valence-corrected chi connectivity index (χ3v) is 8.93. The van der Waals surface area contributed by atoms with Crippen molar-refractivity contribution in [3.8, 4) is 11.5 Å². The van der Waals surface area contributed by atoms with Gasteiger partial charge in [-0.05, 0) is 38.0 Å². The van der Waals surface area contributed by atoms with E-state index in [1.807, 2.05) is 36.6 Å². The number of ether oxygens (including phenoxy) is 6. The number of carbonyl (C=O) groups is 4. The lowest BCUT2D eigenvalue weighted by Crippen LogP contribution is -2.46. The number of carbonyl (C=O) groups excluding carboxylic acids is 4. The summed E-state index contributed by atoms with van der Waals surface area (Å²) >= 11 is 1.44. The first-order valence-electron chi connectivity index (χ1n) is 15.0. The first-order chi connectivity index (χ1) is 21.8. The summed E-state index contributed by atoms with van der Waals surface area (Å²) in [6.07, 6.45) is 5.55. The number of thioether (sulfide) groups is 1. The van der Waals surface area contributed by atoms with E-state index in [-0.39, 0.29) is 40.9 Å². The molecule has 2 aromatic rings. The Morgan fingerprint density at radius 1 is 1.13 bits per heavy atom. The summed E-state index contributed by atoms with van der Waals surface area (Å²) < 4.78 is 33.9. The fourth-order valence-corrected chi connectivity index (χ4v) is 6.50. The first-order valence-corrected chi connectivity index (χ1v) is 16.4. The van der Waals surface area contributed by atoms with Gasteiger partial charge in [-0.2, -0.15) is 0 Å². The Labute approximate surface area is 265 Å². The molecule has 3 aliphatic rings. The van der Waals surface area contributed by atoms with Crippen LogP contribution < -0.4 is 14.8 Å². The Balaban J connectivity index is 1.32. The Bertz CT molecular complexity index is 1390. The third-order valence-electron chi connectivity index (χ3n) is 8.55. The number of benzene rings is 1. The molecular formula is C32H38N2O10S. The second kappa shape index (κ2) is 14.5. The fourth-order valence-electron chi connectivity index (χ4n) is 6.21. The van der Waals surface area contributed by atoms with E-state index in [1.54, 1.807) is 6.92 Å². The Morgan fingerprint density at radius 3 is 2.60 bits per heavy atom. The number of rotatable bonds is 11. The van der Waals surface area contributed by atoms with Gasteiger partial charge in [-0.3, -0.25) is 14.4 Å². The molecule has 5 atom stereocenters. The molecule has 1 aliphatic heterocycles. The molecule has 2 saturated carbocycles. The number of esters is 3. The van der Waals surface area contributed by atoms with Gasteiger partial charge < -0.3 is 33.7 Å². The molecule has 2 aliphatic carbocycles. The van der Waals surface area contributed by atoms with E-state index in [4.69, 9.17) is 28.4 Å². The second-order valence-corrected chi connectivity index (χ2v) is 12.2. The van der Waals surface area contributed by atoms with E-state index in [2.05, 4.69) is 10.3 Å². The molecule has 45 heavy (non-hydrogen) atoms. The molecule has 1 spiro atoms. The summed E-state index contributed by atoms with van der Waals surface area (Å²) in [5.41, 5.74) is -0.316. The van der Waals surface area contributed by atoms with Gasteiger partial charge >= 0.3 is 17.9 Å². The molecule has 1 aromatic heterocycles. The van der Waals surface area contributed by atoms with Crippen molar-refractivity contribution in [2.45, 2.75) is 63.2 Å². The molecule has 12 nitrogen and oxygen atoms in total. The Hall–Kier alpha value is -3.84. The van der Waals surface area contributed by atoms with E-state index < -0.39 is 54.9 Å². The highest BCUT2D eigenvalue weighted by Gasteiger charge is 2.69. The number of amides is 1. The van der Waals surface area contributed by atoms with Gasteiger partial charge in [0.2, 0.25) is 6.79 Å². The molecule has 0 radical (unpaired) electrons. The van der Waals surface area contributed by atoms with Crippen LogP contribution in [0, 0.1) is 11.3 Å². The molecule has 2 unspecified atom stereocenters. The van der Waals surface area contributed by atoms with Crippen molar-refractivity contribution >= 4 is 35.6 Å². The van der Waals surface area contributed by atoms with Crippen LogP contribution in [0.2, 0.25) is 0 Å². The van der Waals surface area contributed by atoms with Crippen molar-refractivity contribution < 1.29 is 47.6 Å². The van der Waals surface area contributed by atoms with Gasteiger partial charge in [0.1, 0.15) is 24.2 Å². The maximum atomic E-state index is 13.7. The zero-order chi connectivity index (χ0) is 32.0. The number of cyclic esters (lactones) is 2. The molecule has 5 rings (SSSR count). The zero-order valence-electron chi connectivity index (χ0n) is 25.5. The summed E-state index contributed by atoms with van der Waals surface area (Å²) in [5, 5.41) is 2.56. The molecule has 1 N–H and O–H groups in total. The van der Waals surface area contributed by atoms with E-state index in [0.29, 0.717) is 6.42 Å². The third kappa shape index (κ3) is 7.04. The van der Waals surface area contributed by atoms with Crippen LogP contribution >= 0.6 is 11.8 Å². The number of nitrogens with one attached hydrogen (secondary N) is 1. The number of hydrogen-bond donors (Lipinski definition) is 1. The normalized spacial score (nSPS) is 26.6. The lowest BCUT2D eigenvalue weighted by atomic mass is 9.89. The highest BCUT2D eigenvalue weighted by molar-refractivity contribution is 7.98. The second-order valence-electron chi connectivity index (χ2n) is 11.4. The van der Waals surface area contributed by atoms with E-state index in [9.17, 15) is 19.2 Å². The summed E-state index contributed by atoms with van der Waals surface area (Å²) in [4.78, 5) is 57.1. The molecule has 2 heterocycles. The van der Waals surface area contributed by atoms with Crippen LogP contribution in [0.5, 0.6) is 11.5 Å². The number of pyridine rings is 1. The van der Waals surface area contributed by atoms with Crippen molar-refractivity contribution in [1.82, 2.24) is 10.3 Å². The molecule has 13 heteroatoms. The van der Waals surface area contributed by atoms with Crippen LogP contribution in [0.3, 0.4) is 0 Å². The Kier molecular flexibility index (Phi) is 10.5. The van der Waals surface area contributed by atoms with E-state index >= 15 is 0 Å². The quantitative estimate of drug-likeness (QED) is 0.217.